The lowest BCUT2D eigenvalue weighted by Crippen LogP contribution is -2.51. The molecule has 0 N–H and O–H groups in total. The van der Waals surface area contributed by atoms with Crippen molar-refractivity contribution in [1.29, 1.82) is 0 Å². The zero-order valence-electron chi connectivity index (χ0n) is 14.1. The van der Waals surface area contributed by atoms with E-state index in [1.807, 2.05) is 13.8 Å². The number of carbonyl (C=O) groups is 1. The van der Waals surface area contributed by atoms with Gasteiger partial charge in [0.15, 0.2) is 0 Å². The highest BCUT2D eigenvalue weighted by atomic mass is 32.2. The van der Waals surface area contributed by atoms with Crippen LogP contribution in [0.25, 0.3) is 0 Å². The standard InChI is InChI=1S/C17H20F3N3OS/c1-11-16(2,25-22-21-11)15(24)23-9-7-12(8-10-23)13-5-3-4-6-14(13)17(18,19)20/h3-6,11-12H,7-10H2,1-2H3. The minimum atomic E-state index is -4.35. The Morgan fingerprint density at radius 3 is 2.48 bits per heavy atom. The van der Waals surface area contributed by atoms with E-state index in [0.29, 0.717) is 31.5 Å². The van der Waals surface area contributed by atoms with Gasteiger partial charge in [-0.3, -0.25) is 4.79 Å². The second kappa shape index (κ2) is 6.63. The van der Waals surface area contributed by atoms with Gasteiger partial charge in [0.1, 0.15) is 4.75 Å². The molecule has 2 atom stereocenters. The molecule has 0 bridgehead atoms. The second-order valence-electron chi connectivity index (χ2n) is 6.72. The highest BCUT2D eigenvalue weighted by molar-refractivity contribution is 8.00. The van der Waals surface area contributed by atoms with Crippen LogP contribution in [-0.4, -0.2) is 34.7 Å². The smallest absolute Gasteiger partial charge is 0.341 e. The molecule has 4 nitrogen and oxygen atoms in total. The summed E-state index contributed by atoms with van der Waals surface area (Å²) in [6.07, 6.45) is -3.29. The first-order valence-corrected chi connectivity index (χ1v) is 9.04. The van der Waals surface area contributed by atoms with Crippen molar-refractivity contribution >= 4 is 17.9 Å². The maximum atomic E-state index is 13.2. The van der Waals surface area contributed by atoms with E-state index in [1.54, 1.807) is 17.0 Å². The van der Waals surface area contributed by atoms with Crippen LogP contribution in [0.15, 0.2) is 33.9 Å². The summed E-state index contributed by atoms with van der Waals surface area (Å²) in [5.74, 6) is -0.213. The van der Waals surface area contributed by atoms with E-state index in [1.165, 1.54) is 18.0 Å². The predicted octanol–water partition coefficient (Wildman–Crippen LogP) is 4.67. The monoisotopic (exact) mass is 371 g/mol. The highest BCUT2D eigenvalue weighted by Gasteiger charge is 2.47. The van der Waals surface area contributed by atoms with Gasteiger partial charge in [-0.15, -0.1) is 4.52 Å². The summed E-state index contributed by atoms with van der Waals surface area (Å²) in [7, 11) is 0. The molecule has 0 aliphatic carbocycles. The van der Waals surface area contributed by atoms with Gasteiger partial charge in [-0.1, -0.05) is 18.2 Å². The summed E-state index contributed by atoms with van der Waals surface area (Å²) in [6.45, 7) is 4.60. The van der Waals surface area contributed by atoms with Crippen molar-refractivity contribution < 1.29 is 18.0 Å². The number of hydrogen-bond donors (Lipinski definition) is 0. The normalized spacial score (nSPS) is 27.7. The summed E-state index contributed by atoms with van der Waals surface area (Å²) in [5, 5.41) is 4.02. The molecule has 3 rings (SSSR count). The average Bonchev–Trinajstić information content (AvgIpc) is 2.94. The SMILES string of the molecule is CC1N=NSC1(C)C(=O)N1CCC(c2ccccc2C(F)(F)F)CC1. The second-order valence-corrected chi connectivity index (χ2v) is 7.92. The molecule has 25 heavy (non-hydrogen) atoms. The number of rotatable bonds is 2. The maximum Gasteiger partial charge on any atom is 0.416 e. The fourth-order valence-corrected chi connectivity index (χ4v) is 4.17. The van der Waals surface area contributed by atoms with Crippen LogP contribution in [-0.2, 0) is 11.0 Å². The molecule has 1 aromatic carbocycles. The Hall–Kier alpha value is -1.57. The van der Waals surface area contributed by atoms with Crippen LogP contribution in [0.5, 0.6) is 0 Å². The molecular weight excluding hydrogens is 351 g/mol. The van der Waals surface area contributed by atoms with Gasteiger partial charge in [-0.05, 0) is 44.2 Å². The molecule has 136 valence electrons. The molecule has 1 saturated heterocycles. The zero-order valence-corrected chi connectivity index (χ0v) is 14.9. The molecule has 8 heteroatoms. The first kappa shape index (κ1) is 18.2. The molecule has 0 aromatic heterocycles. The molecule has 0 spiro atoms. The summed E-state index contributed by atoms with van der Waals surface area (Å²) < 4.78 is 42.8. The van der Waals surface area contributed by atoms with Gasteiger partial charge in [0.25, 0.3) is 0 Å². The first-order valence-electron chi connectivity index (χ1n) is 8.27. The summed E-state index contributed by atoms with van der Waals surface area (Å²) in [4.78, 5) is 14.5. The van der Waals surface area contributed by atoms with Crippen molar-refractivity contribution in [3.63, 3.8) is 0 Å². The predicted molar refractivity (Wildman–Crippen MR) is 90.3 cm³/mol. The van der Waals surface area contributed by atoms with Crippen LogP contribution in [0.4, 0.5) is 13.2 Å². The van der Waals surface area contributed by atoms with Gasteiger partial charge in [0.05, 0.1) is 11.6 Å². The average molecular weight is 371 g/mol. The number of alkyl halides is 3. The van der Waals surface area contributed by atoms with Crippen molar-refractivity contribution in [3.05, 3.63) is 35.4 Å². The molecule has 2 aliphatic heterocycles. The maximum absolute atomic E-state index is 13.2. The molecule has 2 heterocycles. The Kier molecular flexibility index (Phi) is 4.83. The molecule has 0 saturated carbocycles. The third-order valence-corrected chi connectivity index (χ3v) is 6.23. The van der Waals surface area contributed by atoms with Crippen molar-refractivity contribution in [3.8, 4) is 0 Å². The number of piperidine rings is 1. The lowest BCUT2D eigenvalue weighted by Gasteiger charge is -2.37. The van der Waals surface area contributed by atoms with Crippen molar-refractivity contribution in [2.45, 2.75) is 49.6 Å². The summed E-state index contributed by atoms with van der Waals surface area (Å²) >= 11 is 1.18. The van der Waals surface area contributed by atoms with Crippen LogP contribution < -0.4 is 0 Å². The highest BCUT2D eigenvalue weighted by Crippen LogP contribution is 2.42. The van der Waals surface area contributed by atoms with E-state index in [4.69, 9.17) is 0 Å². The Balaban J connectivity index is 1.70. The van der Waals surface area contributed by atoms with E-state index >= 15 is 0 Å². The molecule has 0 radical (unpaired) electrons. The van der Waals surface area contributed by atoms with Gasteiger partial charge >= 0.3 is 6.18 Å². The van der Waals surface area contributed by atoms with Crippen LogP contribution in [0, 0.1) is 0 Å². The Morgan fingerprint density at radius 2 is 1.92 bits per heavy atom. The zero-order chi connectivity index (χ0) is 18.2. The van der Waals surface area contributed by atoms with E-state index in [9.17, 15) is 18.0 Å². The number of benzene rings is 1. The number of halogens is 3. The van der Waals surface area contributed by atoms with Gasteiger partial charge in [-0.25, -0.2) is 0 Å². The molecule has 1 fully saturated rings. The Morgan fingerprint density at radius 1 is 1.28 bits per heavy atom. The number of nitrogens with zero attached hydrogens (tertiary/aromatic N) is 3. The van der Waals surface area contributed by atoms with Gasteiger partial charge in [0, 0.05) is 25.0 Å². The van der Waals surface area contributed by atoms with Crippen molar-refractivity contribution in [1.82, 2.24) is 4.90 Å². The van der Waals surface area contributed by atoms with Crippen LogP contribution in [0.1, 0.15) is 43.7 Å². The van der Waals surface area contributed by atoms with E-state index < -0.39 is 16.5 Å². The fraction of sp³-hybridized carbons (Fsp3) is 0.588. The molecular formula is C17H20F3N3OS. The number of amides is 1. The Bertz CT molecular complexity index is 686. The molecule has 2 aliphatic rings. The minimum Gasteiger partial charge on any atom is -0.341 e. The third-order valence-electron chi connectivity index (χ3n) is 5.16. The van der Waals surface area contributed by atoms with Gasteiger partial charge in [0.2, 0.25) is 5.91 Å². The topological polar surface area (TPSA) is 45.0 Å². The molecule has 2 unspecified atom stereocenters. The van der Waals surface area contributed by atoms with Crippen LogP contribution in [0.2, 0.25) is 0 Å². The third kappa shape index (κ3) is 3.41. The number of carbonyl (C=O) groups excluding carboxylic acids is 1. The first-order chi connectivity index (χ1) is 11.7. The summed E-state index contributed by atoms with van der Waals surface area (Å²) in [5.41, 5.74) is -0.230. The molecule has 1 amide bonds. The van der Waals surface area contributed by atoms with E-state index in [0.717, 1.165) is 6.07 Å². The van der Waals surface area contributed by atoms with Gasteiger partial charge < -0.3 is 4.90 Å². The lowest BCUT2D eigenvalue weighted by molar-refractivity contribution is -0.139. The van der Waals surface area contributed by atoms with E-state index in [2.05, 4.69) is 9.63 Å². The lowest BCUT2D eigenvalue weighted by atomic mass is 9.85. The largest absolute Gasteiger partial charge is 0.416 e. The van der Waals surface area contributed by atoms with Crippen molar-refractivity contribution in [2.75, 3.05) is 13.1 Å². The van der Waals surface area contributed by atoms with Crippen molar-refractivity contribution in [2.24, 2.45) is 9.63 Å². The minimum absolute atomic E-state index is 0.0300. The number of hydrogen-bond acceptors (Lipinski definition) is 4. The Labute approximate surface area is 149 Å². The number of likely N-dealkylation sites (tertiary alicyclic amines) is 1. The van der Waals surface area contributed by atoms with E-state index in [-0.39, 0.29) is 17.9 Å². The van der Waals surface area contributed by atoms with Crippen LogP contribution in [0.3, 0.4) is 0 Å². The van der Waals surface area contributed by atoms with Gasteiger partial charge in [-0.2, -0.15) is 18.3 Å². The summed E-state index contributed by atoms with van der Waals surface area (Å²) in [6, 6.07) is 5.54. The molecule has 1 aromatic rings. The quantitative estimate of drug-likeness (QED) is 0.709. The fourth-order valence-electron chi connectivity index (χ4n) is 3.40. The van der Waals surface area contributed by atoms with Crippen LogP contribution >= 0.6 is 11.9 Å².